The minimum absolute atomic E-state index is 0.101. The van der Waals surface area contributed by atoms with E-state index in [4.69, 9.17) is 5.11 Å². The van der Waals surface area contributed by atoms with Crippen molar-refractivity contribution in [2.24, 2.45) is 0 Å². The van der Waals surface area contributed by atoms with Crippen LogP contribution in [-0.4, -0.2) is 30.1 Å². The number of carboxylic acids is 1. The Bertz CT molecular complexity index is 591. The molecule has 21 heavy (non-hydrogen) atoms. The summed E-state index contributed by atoms with van der Waals surface area (Å²) in [7, 11) is 4.11. The summed E-state index contributed by atoms with van der Waals surface area (Å²) in [6.45, 7) is 1.65. The number of anilines is 1. The first-order chi connectivity index (χ1) is 10.0. The summed E-state index contributed by atoms with van der Waals surface area (Å²) in [6, 6.07) is 12.3. The van der Waals surface area contributed by atoms with E-state index >= 15 is 0 Å². The number of hydrogen-bond donors (Lipinski definition) is 2. The molecule has 0 aliphatic rings. The standard InChI is InChI=1S/C16H20N2O2S/c1-18(2)11-12-3-5-13(6-4-12)17-10-15-8-7-14(21-15)9-16(19)20/h3-8,17H,9-11H2,1-2H3,(H,19,20). The lowest BCUT2D eigenvalue weighted by Gasteiger charge is -2.10. The Labute approximate surface area is 129 Å². The van der Waals surface area contributed by atoms with Gasteiger partial charge < -0.3 is 15.3 Å². The largest absolute Gasteiger partial charge is 0.481 e. The molecule has 0 fully saturated rings. The second-order valence-electron chi connectivity index (χ2n) is 5.23. The van der Waals surface area contributed by atoms with E-state index in [-0.39, 0.29) is 6.42 Å². The maximum Gasteiger partial charge on any atom is 0.308 e. The molecule has 1 heterocycles. The fraction of sp³-hybridized carbons (Fsp3) is 0.312. The Morgan fingerprint density at radius 1 is 1.14 bits per heavy atom. The van der Waals surface area contributed by atoms with E-state index in [0.717, 1.165) is 28.5 Å². The number of rotatable bonds is 7. The normalized spacial score (nSPS) is 10.8. The van der Waals surface area contributed by atoms with Crippen LogP contribution in [0.15, 0.2) is 36.4 Å². The molecule has 5 heteroatoms. The zero-order valence-corrected chi connectivity index (χ0v) is 13.1. The van der Waals surface area contributed by atoms with Crippen LogP contribution in [0.2, 0.25) is 0 Å². The van der Waals surface area contributed by atoms with Gasteiger partial charge in [-0.25, -0.2) is 0 Å². The fourth-order valence-electron chi connectivity index (χ4n) is 2.04. The molecule has 2 aromatic rings. The molecular formula is C16H20N2O2S. The van der Waals surface area contributed by atoms with Gasteiger partial charge in [0, 0.05) is 28.5 Å². The average molecular weight is 304 g/mol. The molecule has 2 N–H and O–H groups in total. The molecule has 0 bridgehead atoms. The third kappa shape index (κ3) is 5.21. The van der Waals surface area contributed by atoms with Gasteiger partial charge >= 0.3 is 5.97 Å². The Kier molecular flexibility index (Phi) is 5.36. The van der Waals surface area contributed by atoms with Crippen LogP contribution in [0.1, 0.15) is 15.3 Å². The monoisotopic (exact) mass is 304 g/mol. The molecule has 1 aromatic heterocycles. The lowest BCUT2D eigenvalue weighted by molar-refractivity contribution is -0.136. The average Bonchev–Trinajstić information content (AvgIpc) is 2.84. The highest BCUT2D eigenvalue weighted by molar-refractivity contribution is 7.12. The minimum atomic E-state index is -0.784. The van der Waals surface area contributed by atoms with Gasteiger partial charge in [-0.15, -0.1) is 11.3 Å². The van der Waals surface area contributed by atoms with Crippen molar-refractivity contribution in [2.75, 3.05) is 19.4 Å². The lowest BCUT2D eigenvalue weighted by atomic mass is 10.2. The number of benzene rings is 1. The number of carbonyl (C=O) groups is 1. The Morgan fingerprint density at radius 3 is 2.43 bits per heavy atom. The van der Waals surface area contributed by atoms with Crippen molar-refractivity contribution in [3.63, 3.8) is 0 Å². The molecule has 0 aliphatic heterocycles. The minimum Gasteiger partial charge on any atom is -0.481 e. The van der Waals surface area contributed by atoms with Crippen molar-refractivity contribution in [1.82, 2.24) is 4.90 Å². The SMILES string of the molecule is CN(C)Cc1ccc(NCc2ccc(CC(=O)O)s2)cc1. The van der Waals surface area contributed by atoms with Crippen molar-refractivity contribution < 1.29 is 9.90 Å². The summed E-state index contributed by atoms with van der Waals surface area (Å²) in [6.07, 6.45) is 0.101. The van der Waals surface area contributed by atoms with E-state index in [1.54, 1.807) is 11.3 Å². The van der Waals surface area contributed by atoms with Crippen molar-refractivity contribution in [3.05, 3.63) is 51.7 Å². The van der Waals surface area contributed by atoms with Gasteiger partial charge in [-0.05, 0) is 43.9 Å². The van der Waals surface area contributed by atoms with E-state index in [1.807, 2.05) is 12.1 Å². The molecular weight excluding hydrogens is 284 g/mol. The van der Waals surface area contributed by atoms with Crippen molar-refractivity contribution in [1.29, 1.82) is 0 Å². The predicted octanol–water partition coefficient (Wildman–Crippen LogP) is 3.05. The van der Waals surface area contributed by atoms with Gasteiger partial charge in [0.05, 0.1) is 6.42 Å². The zero-order chi connectivity index (χ0) is 15.2. The van der Waals surface area contributed by atoms with Crippen LogP contribution >= 0.6 is 11.3 Å². The molecule has 0 amide bonds. The molecule has 1 aromatic carbocycles. The van der Waals surface area contributed by atoms with Crippen LogP contribution in [0.25, 0.3) is 0 Å². The number of thiophene rings is 1. The summed E-state index contributed by atoms with van der Waals surface area (Å²) in [5.74, 6) is -0.784. The zero-order valence-electron chi connectivity index (χ0n) is 12.3. The van der Waals surface area contributed by atoms with Gasteiger partial charge in [0.15, 0.2) is 0 Å². The van der Waals surface area contributed by atoms with Gasteiger partial charge in [0.25, 0.3) is 0 Å². The molecule has 4 nitrogen and oxygen atoms in total. The van der Waals surface area contributed by atoms with Crippen LogP contribution in [0, 0.1) is 0 Å². The first-order valence-corrected chi connectivity index (χ1v) is 7.61. The topological polar surface area (TPSA) is 52.6 Å². The van der Waals surface area contributed by atoms with Gasteiger partial charge in [-0.1, -0.05) is 12.1 Å². The smallest absolute Gasteiger partial charge is 0.308 e. The third-order valence-corrected chi connectivity index (χ3v) is 4.05. The number of hydrogen-bond acceptors (Lipinski definition) is 4. The van der Waals surface area contributed by atoms with Crippen molar-refractivity contribution in [2.45, 2.75) is 19.5 Å². The van der Waals surface area contributed by atoms with E-state index in [0.29, 0.717) is 0 Å². The van der Waals surface area contributed by atoms with Gasteiger partial charge in [-0.2, -0.15) is 0 Å². The number of nitrogens with zero attached hydrogens (tertiary/aromatic N) is 1. The summed E-state index contributed by atoms with van der Waals surface area (Å²) in [4.78, 5) is 14.8. The molecule has 0 spiro atoms. The van der Waals surface area contributed by atoms with Crippen LogP contribution in [0.4, 0.5) is 5.69 Å². The quantitative estimate of drug-likeness (QED) is 0.825. The van der Waals surface area contributed by atoms with Gasteiger partial charge in [-0.3, -0.25) is 4.79 Å². The highest BCUT2D eigenvalue weighted by Crippen LogP contribution is 2.19. The molecule has 0 radical (unpaired) electrons. The third-order valence-electron chi connectivity index (χ3n) is 2.96. The van der Waals surface area contributed by atoms with Gasteiger partial charge in [0.2, 0.25) is 0 Å². The molecule has 0 saturated carbocycles. The predicted molar refractivity (Wildman–Crippen MR) is 86.8 cm³/mol. The first-order valence-electron chi connectivity index (χ1n) is 6.80. The van der Waals surface area contributed by atoms with E-state index < -0.39 is 5.97 Å². The molecule has 0 aliphatic carbocycles. The van der Waals surface area contributed by atoms with E-state index in [1.165, 1.54) is 5.56 Å². The second-order valence-corrected chi connectivity index (χ2v) is 6.48. The van der Waals surface area contributed by atoms with Crippen molar-refractivity contribution >= 4 is 23.0 Å². The second kappa shape index (κ2) is 7.24. The summed E-state index contributed by atoms with van der Waals surface area (Å²) < 4.78 is 0. The van der Waals surface area contributed by atoms with Crippen LogP contribution < -0.4 is 5.32 Å². The van der Waals surface area contributed by atoms with Crippen LogP contribution in [0.3, 0.4) is 0 Å². The number of carboxylic acid groups (broad SMARTS) is 1. The van der Waals surface area contributed by atoms with E-state index in [2.05, 4.69) is 48.6 Å². The highest BCUT2D eigenvalue weighted by atomic mass is 32.1. The summed E-state index contributed by atoms with van der Waals surface area (Å²) >= 11 is 1.54. The first kappa shape index (κ1) is 15.5. The fourth-order valence-corrected chi connectivity index (χ4v) is 2.99. The summed E-state index contributed by atoms with van der Waals surface area (Å²) in [5, 5.41) is 12.1. The molecule has 2 rings (SSSR count). The Hall–Kier alpha value is -1.85. The van der Waals surface area contributed by atoms with Crippen molar-refractivity contribution in [3.8, 4) is 0 Å². The maximum absolute atomic E-state index is 10.7. The molecule has 0 unspecified atom stereocenters. The molecule has 0 atom stereocenters. The molecule has 112 valence electrons. The van der Waals surface area contributed by atoms with Gasteiger partial charge in [0.1, 0.15) is 0 Å². The highest BCUT2D eigenvalue weighted by Gasteiger charge is 2.04. The van der Waals surface area contributed by atoms with Crippen LogP contribution in [-0.2, 0) is 24.3 Å². The number of aliphatic carboxylic acids is 1. The summed E-state index contributed by atoms with van der Waals surface area (Å²) in [5.41, 5.74) is 2.36. The lowest BCUT2D eigenvalue weighted by Crippen LogP contribution is -2.10. The van der Waals surface area contributed by atoms with E-state index in [9.17, 15) is 4.79 Å². The molecule has 0 saturated heterocycles. The Morgan fingerprint density at radius 2 is 1.81 bits per heavy atom. The maximum atomic E-state index is 10.7. The van der Waals surface area contributed by atoms with Crippen LogP contribution in [0.5, 0.6) is 0 Å². The Balaban J connectivity index is 1.87. The number of nitrogens with one attached hydrogen (secondary N) is 1.